The van der Waals surface area contributed by atoms with Crippen LogP contribution in [0.1, 0.15) is 98.6 Å². The van der Waals surface area contributed by atoms with Crippen molar-refractivity contribution in [3.05, 3.63) is 29.8 Å². The summed E-state index contributed by atoms with van der Waals surface area (Å²) < 4.78 is 5.41. The number of phenols is 1. The molecule has 8 nitrogen and oxygen atoms in total. The van der Waals surface area contributed by atoms with Crippen LogP contribution in [0, 0.1) is 5.92 Å². The molecule has 3 amide bonds. The van der Waals surface area contributed by atoms with Crippen molar-refractivity contribution in [3.63, 3.8) is 0 Å². The average molecular weight is 506 g/mol. The van der Waals surface area contributed by atoms with Gasteiger partial charge in [0.1, 0.15) is 23.4 Å². The summed E-state index contributed by atoms with van der Waals surface area (Å²) in [7, 11) is 0. The lowest BCUT2D eigenvalue weighted by molar-refractivity contribution is -0.143. The number of carbonyl (C=O) groups excluding carboxylic acids is 3. The first-order valence-electron chi connectivity index (χ1n) is 13.3. The minimum Gasteiger partial charge on any atom is -0.508 e. The van der Waals surface area contributed by atoms with Crippen LogP contribution in [-0.4, -0.2) is 52.6 Å². The summed E-state index contributed by atoms with van der Waals surface area (Å²) in [6.07, 6.45) is 4.09. The molecule has 0 radical (unpaired) electrons. The second-order valence-corrected chi connectivity index (χ2v) is 10.7. The highest BCUT2D eigenvalue weighted by Crippen LogP contribution is 2.27. The van der Waals surface area contributed by atoms with Gasteiger partial charge in [-0.15, -0.1) is 0 Å². The lowest BCUT2D eigenvalue weighted by atomic mass is 9.98. The number of unbranched alkanes of at least 4 members (excludes halogenated alkanes) is 3. The molecular weight excluding hydrogens is 458 g/mol. The maximum atomic E-state index is 14.0. The number of carbonyl (C=O) groups is 3. The van der Waals surface area contributed by atoms with Gasteiger partial charge in [0.05, 0.1) is 0 Å². The lowest BCUT2D eigenvalue weighted by Crippen LogP contribution is -2.53. The fourth-order valence-corrected chi connectivity index (χ4v) is 3.89. The van der Waals surface area contributed by atoms with E-state index in [0.29, 0.717) is 31.5 Å². The molecule has 0 saturated heterocycles. The first-order valence-corrected chi connectivity index (χ1v) is 13.3. The van der Waals surface area contributed by atoms with E-state index in [4.69, 9.17) is 4.74 Å². The summed E-state index contributed by atoms with van der Waals surface area (Å²) in [5.41, 5.74) is -0.187. The van der Waals surface area contributed by atoms with Gasteiger partial charge in [0.25, 0.3) is 0 Å². The summed E-state index contributed by atoms with van der Waals surface area (Å²) >= 11 is 0. The van der Waals surface area contributed by atoms with Crippen LogP contribution in [0.15, 0.2) is 24.3 Å². The molecule has 2 unspecified atom stereocenters. The highest BCUT2D eigenvalue weighted by Gasteiger charge is 2.36. The van der Waals surface area contributed by atoms with E-state index in [1.807, 2.05) is 20.8 Å². The molecule has 0 bridgehead atoms. The zero-order valence-corrected chi connectivity index (χ0v) is 23.2. The molecular formula is C28H47N3O5. The molecule has 8 heteroatoms. The molecule has 2 atom stereocenters. The number of hydrogen-bond acceptors (Lipinski definition) is 5. The van der Waals surface area contributed by atoms with Crippen LogP contribution >= 0.6 is 0 Å². The van der Waals surface area contributed by atoms with Gasteiger partial charge in [0.15, 0.2) is 0 Å². The molecule has 0 fully saturated rings. The van der Waals surface area contributed by atoms with Crippen LogP contribution in [0.25, 0.3) is 0 Å². The predicted octanol–water partition coefficient (Wildman–Crippen LogP) is 5.31. The number of alkyl carbamates (subject to hydrolysis) is 1. The Hall–Kier alpha value is -2.77. The zero-order chi connectivity index (χ0) is 27.3. The Balaban J connectivity index is 3.38. The quantitative estimate of drug-likeness (QED) is 0.297. The fourth-order valence-electron chi connectivity index (χ4n) is 3.89. The van der Waals surface area contributed by atoms with Crippen LogP contribution in [0.5, 0.6) is 5.75 Å². The number of nitrogens with zero attached hydrogens (tertiary/aromatic N) is 1. The number of phenolic OH excluding ortho intramolecular Hbond substituents is 1. The number of ether oxygens (including phenoxy) is 1. The lowest BCUT2D eigenvalue weighted by Gasteiger charge is -2.35. The van der Waals surface area contributed by atoms with Crippen molar-refractivity contribution in [2.45, 2.75) is 105 Å². The van der Waals surface area contributed by atoms with E-state index >= 15 is 0 Å². The molecule has 0 heterocycles. The van der Waals surface area contributed by atoms with Crippen LogP contribution in [-0.2, 0) is 14.3 Å². The second-order valence-electron chi connectivity index (χ2n) is 10.7. The van der Waals surface area contributed by atoms with Gasteiger partial charge in [-0.3, -0.25) is 9.59 Å². The smallest absolute Gasteiger partial charge is 0.408 e. The van der Waals surface area contributed by atoms with E-state index in [1.54, 1.807) is 32.9 Å². The molecule has 1 aromatic carbocycles. The predicted molar refractivity (Wildman–Crippen MR) is 143 cm³/mol. The van der Waals surface area contributed by atoms with Gasteiger partial charge in [-0.2, -0.15) is 0 Å². The summed E-state index contributed by atoms with van der Waals surface area (Å²) in [5, 5.41) is 15.8. The Bertz CT molecular complexity index is 835. The number of nitrogens with one attached hydrogen (secondary N) is 2. The Morgan fingerprint density at radius 3 is 2.28 bits per heavy atom. The van der Waals surface area contributed by atoms with E-state index in [1.165, 1.54) is 17.0 Å². The maximum absolute atomic E-state index is 14.0. The van der Waals surface area contributed by atoms with E-state index in [0.717, 1.165) is 25.7 Å². The summed E-state index contributed by atoms with van der Waals surface area (Å²) in [6, 6.07) is 4.65. The van der Waals surface area contributed by atoms with Gasteiger partial charge >= 0.3 is 6.09 Å². The minimum atomic E-state index is -0.937. The third-order valence-electron chi connectivity index (χ3n) is 5.56. The number of amides is 3. The molecule has 0 spiro atoms. The normalized spacial score (nSPS) is 13.1. The van der Waals surface area contributed by atoms with E-state index in [2.05, 4.69) is 17.6 Å². The van der Waals surface area contributed by atoms with Crippen molar-refractivity contribution in [2.75, 3.05) is 13.1 Å². The highest BCUT2D eigenvalue weighted by molar-refractivity contribution is 5.92. The first-order chi connectivity index (χ1) is 16.9. The SMILES string of the molecule is CCCCCNC(=O)C(c1cccc(O)c1)N(CCCC)C(=O)C(CC(C)C)NC(=O)OC(C)(C)C. The van der Waals surface area contributed by atoms with Gasteiger partial charge in [-0.25, -0.2) is 4.79 Å². The summed E-state index contributed by atoms with van der Waals surface area (Å²) in [4.78, 5) is 41.6. The van der Waals surface area contributed by atoms with E-state index in [-0.39, 0.29) is 23.5 Å². The van der Waals surface area contributed by atoms with Gasteiger partial charge < -0.3 is 25.4 Å². The van der Waals surface area contributed by atoms with Gasteiger partial charge in [-0.05, 0) is 63.6 Å². The molecule has 0 aliphatic carbocycles. The number of benzene rings is 1. The third-order valence-corrected chi connectivity index (χ3v) is 5.56. The maximum Gasteiger partial charge on any atom is 0.408 e. The number of hydrogen-bond donors (Lipinski definition) is 3. The Morgan fingerprint density at radius 2 is 1.72 bits per heavy atom. The Kier molecular flexibility index (Phi) is 13.3. The van der Waals surface area contributed by atoms with Gasteiger partial charge in [0, 0.05) is 13.1 Å². The molecule has 1 aromatic rings. The molecule has 204 valence electrons. The fraction of sp³-hybridized carbons (Fsp3) is 0.679. The van der Waals surface area contributed by atoms with Crippen molar-refractivity contribution in [3.8, 4) is 5.75 Å². The number of rotatable bonds is 14. The Morgan fingerprint density at radius 1 is 1.06 bits per heavy atom. The second kappa shape index (κ2) is 15.4. The largest absolute Gasteiger partial charge is 0.508 e. The van der Waals surface area contributed by atoms with Crippen LogP contribution < -0.4 is 10.6 Å². The van der Waals surface area contributed by atoms with Crippen molar-refractivity contribution in [2.24, 2.45) is 5.92 Å². The van der Waals surface area contributed by atoms with Crippen molar-refractivity contribution >= 4 is 17.9 Å². The standard InChI is InChI=1S/C28H47N3O5/c1-8-10-12-16-29-25(33)24(21-14-13-15-22(32)19-21)31(17-11-9-2)26(34)23(18-20(3)4)30-27(35)36-28(5,6)7/h13-15,19-20,23-24,32H,8-12,16-18H2,1-7H3,(H,29,33)(H,30,35). The van der Waals surface area contributed by atoms with Crippen molar-refractivity contribution < 1.29 is 24.2 Å². The van der Waals surface area contributed by atoms with E-state index < -0.39 is 23.8 Å². The molecule has 0 aromatic heterocycles. The highest BCUT2D eigenvalue weighted by atomic mass is 16.6. The van der Waals surface area contributed by atoms with Crippen molar-refractivity contribution in [1.82, 2.24) is 15.5 Å². The summed E-state index contributed by atoms with van der Waals surface area (Å²) in [5.74, 6) is -0.518. The third kappa shape index (κ3) is 11.3. The van der Waals surface area contributed by atoms with Crippen molar-refractivity contribution in [1.29, 1.82) is 0 Å². The van der Waals surface area contributed by atoms with E-state index in [9.17, 15) is 19.5 Å². The molecule has 36 heavy (non-hydrogen) atoms. The summed E-state index contributed by atoms with van der Waals surface area (Å²) in [6.45, 7) is 14.2. The van der Waals surface area contributed by atoms with Crippen LogP contribution in [0.3, 0.4) is 0 Å². The molecule has 0 aliphatic rings. The minimum absolute atomic E-state index is 0.0183. The molecule has 3 N–H and O–H groups in total. The zero-order valence-electron chi connectivity index (χ0n) is 23.2. The van der Waals surface area contributed by atoms with Gasteiger partial charge in [-0.1, -0.05) is 59.1 Å². The average Bonchev–Trinajstić information content (AvgIpc) is 2.77. The molecule has 1 rings (SSSR count). The van der Waals surface area contributed by atoms with Gasteiger partial charge in [0.2, 0.25) is 11.8 Å². The van der Waals surface area contributed by atoms with Crippen LogP contribution in [0.4, 0.5) is 4.79 Å². The number of aromatic hydroxyl groups is 1. The molecule has 0 aliphatic heterocycles. The monoisotopic (exact) mass is 505 g/mol. The molecule has 0 saturated carbocycles. The topological polar surface area (TPSA) is 108 Å². The first kappa shape index (κ1) is 31.3. The Labute approximate surface area is 217 Å². The van der Waals surface area contributed by atoms with Crippen LogP contribution in [0.2, 0.25) is 0 Å².